The Morgan fingerprint density at radius 3 is 2.19 bits per heavy atom. The van der Waals surface area contributed by atoms with Crippen LogP contribution in [-0.4, -0.2) is 37.5 Å². The van der Waals surface area contributed by atoms with Crippen LogP contribution in [0.2, 0.25) is 0 Å². The number of rotatable bonds is 4. The quantitative estimate of drug-likeness (QED) is 0.660. The molecule has 0 saturated heterocycles. The van der Waals surface area contributed by atoms with Crippen molar-refractivity contribution in [1.82, 2.24) is 0 Å². The number of nitrogens with two attached hydrogens (primary N) is 1. The third-order valence-corrected chi connectivity index (χ3v) is 3.39. The van der Waals surface area contributed by atoms with Crippen LogP contribution in [0.4, 0.5) is 0 Å². The molecule has 0 aromatic heterocycles. The molecule has 0 heterocycles. The van der Waals surface area contributed by atoms with Crippen LogP contribution >= 0.6 is 0 Å². The van der Waals surface area contributed by atoms with Gasteiger partial charge in [0, 0.05) is 6.26 Å². The third-order valence-electron chi connectivity index (χ3n) is 2.27. The van der Waals surface area contributed by atoms with Gasteiger partial charge in [0.05, 0.1) is 23.6 Å². The Hall–Kier alpha value is -0.950. The van der Waals surface area contributed by atoms with Gasteiger partial charge in [0.1, 0.15) is 0 Å². The Labute approximate surface area is 94.4 Å². The van der Waals surface area contributed by atoms with Gasteiger partial charge in [0.15, 0.2) is 9.84 Å². The van der Waals surface area contributed by atoms with E-state index >= 15 is 0 Å². The molecule has 0 fully saturated rings. The zero-order chi connectivity index (χ0) is 12.3. The topological polar surface area (TPSA) is 101 Å². The van der Waals surface area contributed by atoms with Crippen molar-refractivity contribution in [3.8, 4) is 0 Å². The van der Waals surface area contributed by atoms with Gasteiger partial charge in [-0.3, -0.25) is 0 Å². The average Bonchev–Trinajstić information content (AvgIpc) is 2.26. The second-order valence-electron chi connectivity index (χ2n) is 3.63. The van der Waals surface area contributed by atoms with Gasteiger partial charge < -0.3 is 15.9 Å². The molecular formula is C10H15NO4S. The van der Waals surface area contributed by atoms with Crippen LogP contribution in [0.15, 0.2) is 29.2 Å². The average molecular weight is 245 g/mol. The van der Waals surface area contributed by atoms with Crippen molar-refractivity contribution in [3.63, 3.8) is 0 Å². The summed E-state index contributed by atoms with van der Waals surface area (Å²) in [7, 11) is -3.23. The van der Waals surface area contributed by atoms with Gasteiger partial charge in [-0.15, -0.1) is 0 Å². The summed E-state index contributed by atoms with van der Waals surface area (Å²) in [5, 5.41) is 18.4. The van der Waals surface area contributed by atoms with E-state index < -0.39 is 22.0 Å². The molecule has 90 valence electrons. The normalized spacial score (nSPS) is 15.8. The van der Waals surface area contributed by atoms with Crippen LogP contribution < -0.4 is 5.73 Å². The van der Waals surface area contributed by atoms with E-state index in [0.29, 0.717) is 5.56 Å². The molecule has 1 aromatic rings. The first-order valence-corrected chi connectivity index (χ1v) is 6.60. The van der Waals surface area contributed by atoms with Crippen molar-refractivity contribution in [2.24, 2.45) is 5.73 Å². The molecule has 0 amide bonds. The second-order valence-corrected chi connectivity index (χ2v) is 5.65. The summed E-state index contributed by atoms with van der Waals surface area (Å²) >= 11 is 0. The van der Waals surface area contributed by atoms with Gasteiger partial charge >= 0.3 is 0 Å². The van der Waals surface area contributed by atoms with E-state index in [2.05, 4.69) is 0 Å². The third kappa shape index (κ3) is 3.02. The fourth-order valence-corrected chi connectivity index (χ4v) is 1.89. The first-order chi connectivity index (χ1) is 7.36. The maximum Gasteiger partial charge on any atom is 0.175 e. The molecule has 16 heavy (non-hydrogen) atoms. The van der Waals surface area contributed by atoms with E-state index in [4.69, 9.17) is 10.8 Å². The molecule has 5 nitrogen and oxygen atoms in total. The van der Waals surface area contributed by atoms with Crippen LogP contribution in [0, 0.1) is 0 Å². The van der Waals surface area contributed by atoms with Crippen LogP contribution in [0.1, 0.15) is 11.7 Å². The van der Waals surface area contributed by atoms with Crippen LogP contribution in [-0.2, 0) is 9.84 Å². The molecule has 4 N–H and O–H groups in total. The first-order valence-electron chi connectivity index (χ1n) is 4.71. The Bertz CT molecular complexity index is 440. The van der Waals surface area contributed by atoms with Crippen LogP contribution in [0.3, 0.4) is 0 Å². The molecule has 2 atom stereocenters. The lowest BCUT2D eigenvalue weighted by atomic mass is 10.0. The Balaban J connectivity index is 2.96. The molecular weight excluding hydrogens is 230 g/mol. The molecule has 1 rings (SSSR count). The van der Waals surface area contributed by atoms with Crippen LogP contribution in [0.5, 0.6) is 0 Å². The van der Waals surface area contributed by atoms with Crippen molar-refractivity contribution in [2.45, 2.75) is 17.0 Å². The molecule has 0 aliphatic carbocycles. The molecule has 6 heteroatoms. The fourth-order valence-electron chi connectivity index (χ4n) is 1.26. The van der Waals surface area contributed by atoms with Gasteiger partial charge in [-0.05, 0) is 17.7 Å². The summed E-state index contributed by atoms with van der Waals surface area (Å²) < 4.78 is 22.4. The lowest BCUT2D eigenvalue weighted by Crippen LogP contribution is -2.31. The van der Waals surface area contributed by atoms with E-state index in [1.54, 1.807) is 0 Å². The number of hydrogen-bond donors (Lipinski definition) is 3. The minimum Gasteiger partial charge on any atom is -0.395 e. The summed E-state index contributed by atoms with van der Waals surface area (Å²) in [6.45, 7) is -0.338. The van der Waals surface area contributed by atoms with Crippen molar-refractivity contribution in [2.75, 3.05) is 12.9 Å². The summed E-state index contributed by atoms with van der Waals surface area (Å²) in [4.78, 5) is 0.181. The maximum absolute atomic E-state index is 11.2. The summed E-state index contributed by atoms with van der Waals surface area (Å²) in [6.07, 6.45) is 0.108. The molecule has 0 radical (unpaired) electrons. The molecule has 0 spiro atoms. The SMILES string of the molecule is CS(=O)(=O)c1ccc([C@H](O)[C@H](N)CO)cc1. The highest BCUT2D eigenvalue weighted by Gasteiger charge is 2.16. The zero-order valence-corrected chi connectivity index (χ0v) is 9.68. The largest absolute Gasteiger partial charge is 0.395 e. The fraction of sp³-hybridized carbons (Fsp3) is 0.400. The molecule has 0 unspecified atom stereocenters. The summed E-state index contributed by atoms with van der Waals surface area (Å²) in [5.74, 6) is 0. The van der Waals surface area contributed by atoms with E-state index in [1.165, 1.54) is 24.3 Å². The van der Waals surface area contributed by atoms with E-state index in [1.807, 2.05) is 0 Å². The van der Waals surface area contributed by atoms with Crippen molar-refractivity contribution in [1.29, 1.82) is 0 Å². The smallest absolute Gasteiger partial charge is 0.175 e. The Morgan fingerprint density at radius 2 is 1.81 bits per heavy atom. The number of sulfone groups is 1. The highest BCUT2D eigenvalue weighted by molar-refractivity contribution is 7.90. The Morgan fingerprint density at radius 1 is 1.31 bits per heavy atom. The number of aliphatic hydroxyl groups excluding tert-OH is 2. The minimum atomic E-state index is -3.23. The monoisotopic (exact) mass is 245 g/mol. The van der Waals surface area contributed by atoms with E-state index in [0.717, 1.165) is 6.26 Å². The van der Waals surface area contributed by atoms with Crippen molar-refractivity contribution in [3.05, 3.63) is 29.8 Å². The predicted molar refractivity (Wildman–Crippen MR) is 59.6 cm³/mol. The summed E-state index contributed by atoms with van der Waals surface area (Å²) in [6, 6.07) is 4.99. The number of hydrogen-bond acceptors (Lipinski definition) is 5. The molecule has 0 bridgehead atoms. The van der Waals surface area contributed by atoms with Crippen LogP contribution in [0.25, 0.3) is 0 Å². The molecule has 0 aliphatic rings. The lowest BCUT2D eigenvalue weighted by molar-refractivity contribution is 0.109. The van der Waals surface area contributed by atoms with Gasteiger partial charge in [0.25, 0.3) is 0 Å². The predicted octanol–water partition coefficient (Wildman–Crippen LogP) is -0.557. The maximum atomic E-state index is 11.2. The molecule has 0 saturated carbocycles. The van der Waals surface area contributed by atoms with Crippen molar-refractivity contribution >= 4 is 9.84 Å². The lowest BCUT2D eigenvalue weighted by Gasteiger charge is -2.16. The standard InChI is InChI=1S/C10H15NO4S/c1-16(14,15)8-4-2-7(3-5-8)10(13)9(11)6-12/h2-5,9-10,12-13H,6,11H2,1H3/t9-,10+/m1/s1. The zero-order valence-electron chi connectivity index (χ0n) is 8.87. The van der Waals surface area contributed by atoms with Gasteiger partial charge in [-0.1, -0.05) is 12.1 Å². The number of benzene rings is 1. The number of aliphatic hydroxyl groups is 2. The van der Waals surface area contributed by atoms with Gasteiger partial charge in [-0.25, -0.2) is 8.42 Å². The highest BCUT2D eigenvalue weighted by Crippen LogP contribution is 2.18. The van der Waals surface area contributed by atoms with E-state index in [-0.39, 0.29) is 11.5 Å². The molecule has 1 aromatic carbocycles. The first kappa shape index (κ1) is 13.1. The Kier molecular flexibility index (Phi) is 4.03. The minimum absolute atomic E-state index is 0.181. The van der Waals surface area contributed by atoms with E-state index in [9.17, 15) is 13.5 Å². The van der Waals surface area contributed by atoms with Crippen molar-refractivity contribution < 1.29 is 18.6 Å². The van der Waals surface area contributed by atoms with Gasteiger partial charge in [-0.2, -0.15) is 0 Å². The van der Waals surface area contributed by atoms with Gasteiger partial charge in [0.2, 0.25) is 0 Å². The summed E-state index contributed by atoms with van der Waals surface area (Å²) in [5.41, 5.74) is 5.93. The molecule has 0 aliphatic heterocycles. The second kappa shape index (κ2) is 4.92. The highest BCUT2D eigenvalue weighted by atomic mass is 32.2.